The van der Waals surface area contributed by atoms with E-state index in [1.165, 1.54) is 31.4 Å². The van der Waals surface area contributed by atoms with Gasteiger partial charge in [-0.2, -0.15) is 4.79 Å². The van der Waals surface area contributed by atoms with Crippen LogP contribution in [0.1, 0.15) is 15.9 Å². The molecule has 0 saturated carbocycles. The van der Waals surface area contributed by atoms with Gasteiger partial charge in [0.2, 0.25) is 3.79 Å². The molecule has 0 atom stereocenters. The standard InChI is InChI=1S/C12H9Cl3N2O4/c1-20-10(18)8-4-2-7(3-5-8)9(17-16)11(19)21-6-12(13,14)15/h2-5H,6H2,1H3. The lowest BCUT2D eigenvalue weighted by Gasteiger charge is -2.09. The highest BCUT2D eigenvalue weighted by atomic mass is 35.6. The first-order valence-corrected chi connectivity index (χ1v) is 6.56. The molecule has 0 N–H and O–H groups in total. The van der Waals surface area contributed by atoms with Crippen molar-refractivity contribution < 1.29 is 23.9 Å². The number of ether oxygens (including phenoxy) is 2. The Morgan fingerprint density at radius 2 is 1.71 bits per heavy atom. The summed E-state index contributed by atoms with van der Waals surface area (Å²) in [5, 5.41) is 0. The summed E-state index contributed by atoms with van der Waals surface area (Å²) in [6.45, 7) is -0.504. The second-order valence-electron chi connectivity index (χ2n) is 3.71. The van der Waals surface area contributed by atoms with E-state index in [4.69, 9.17) is 45.1 Å². The molecule has 0 unspecified atom stereocenters. The smallest absolute Gasteiger partial charge is 0.422 e. The zero-order valence-corrected chi connectivity index (χ0v) is 12.9. The van der Waals surface area contributed by atoms with Crippen LogP contribution in [0.15, 0.2) is 24.3 Å². The van der Waals surface area contributed by atoms with Gasteiger partial charge in [-0.25, -0.2) is 9.59 Å². The van der Waals surface area contributed by atoms with Crippen molar-refractivity contribution in [2.75, 3.05) is 13.7 Å². The second-order valence-corrected chi connectivity index (χ2v) is 6.22. The predicted octanol–water partition coefficient (Wildman–Crippen LogP) is 2.41. The summed E-state index contributed by atoms with van der Waals surface area (Å²) in [4.78, 5) is 25.8. The molecule has 0 aromatic heterocycles. The summed E-state index contributed by atoms with van der Waals surface area (Å²) < 4.78 is 7.45. The summed E-state index contributed by atoms with van der Waals surface area (Å²) in [6, 6.07) is 5.57. The van der Waals surface area contributed by atoms with Crippen molar-refractivity contribution in [2.24, 2.45) is 0 Å². The first-order valence-electron chi connectivity index (χ1n) is 5.43. The zero-order valence-electron chi connectivity index (χ0n) is 10.7. The quantitative estimate of drug-likeness (QED) is 0.274. The Morgan fingerprint density at radius 1 is 1.19 bits per heavy atom. The van der Waals surface area contributed by atoms with Gasteiger partial charge >= 0.3 is 17.7 Å². The van der Waals surface area contributed by atoms with Gasteiger partial charge in [0.15, 0.2) is 0 Å². The molecule has 0 heterocycles. The first kappa shape index (κ1) is 17.5. The summed E-state index contributed by atoms with van der Waals surface area (Å²) in [7, 11) is 1.24. The number of hydrogen-bond acceptors (Lipinski definition) is 4. The van der Waals surface area contributed by atoms with Crippen molar-refractivity contribution in [1.82, 2.24) is 0 Å². The van der Waals surface area contributed by atoms with Crippen molar-refractivity contribution in [1.29, 1.82) is 0 Å². The third-order valence-electron chi connectivity index (χ3n) is 2.24. The number of nitrogens with zero attached hydrogens (tertiary/aromatic N) is 2. The minimum absolute atomic E-state index is 0.222. The Bertz CT molecular complexity index is 590. The van der Waals surface area contributed by atoms with Crippen LogP contribution < -0.4 is 0 Å². The fourth-order valence-corrected chi connectivity index (χ4v) is 1.48. The highest BCUT2D eigenvalue weighted by Crippen LogP contribution is 2.26. The lowest BCUT2D eigenvalue weighted by atomic mass is 10.1. The average Bonchev–Trinajstić information content (AvgIpc) is 2.45. The molecule has 0 amide bonds. The monoisotopic (exact) mass is 350 g/mol. The Labute approximate surface area is 135 Å². The Balaban J connectivity index is 2.89. The Morgan fingerprint density at radius 3 is 2.14 bits per heavy atom. The van der Waals surface area contributed by atoms with E-state index in [1.807, 2.05) is 0 Å². The summed E-state index contributed by atoms with van der Waals surface area (Å²) in [6.07, 6.45) is 0. The number of benzene rings is 1. The molecule has 9 heteroatoms. The fraction of sp³-hybridized carbons (Fsp3) is 0.250. The van der Waals surface area contributed by atoms with Gasteiger partial charge in [-0.15, -0.1) is 0 Å². The summed E-state index contributed by atoms with van der Waals surface area (Å²) >= 11 is 16.3. The molecule has 0 aliphatic carbocycles. The van der Waals surface area contributed by atoms with Crippen molar-refractivity contribution in [3.8, 4) is 0 Å². The minimum atomic E-state index is -1.77. The second kappa shape index (κ2) is 7.43. The molecule has 0 aliphatic rings. The van der Waals surface area contributed by atoms with E-state index in [0.29, 0.717) is 0 Å². The number of esters is 2. The van der Waals surface area contributed by atoms with E-state index in [2.05, 4.69) is 9.53 Å². The van der Waals surface area contributed by atoms with Gasteiger partial charge in [0.05, 0.1) is 18.2 Å². The summed E-state index contributed by atoms with van der Waals surface area (Å²) in [5.41, 5.74) is 9.01. The van der Waals surface area contributed by atoms with Crippen molar-refractivity contribution >= 4 is 52.5 Å². The maximum atomic E-state index is 11.7. The van der Waals surface area contributed by atoms with Crippen LogP contribution in [0.3, 0.4) is 0 Å². The number of hydrogen-bond donors (Lipinski definition) is 0. The third kappa shape index (κ3) is 5.36. The van der Waals surface area contributed by atoms with Gasteiger partial charge < -0.3 is 15.0 Å². The van der Waals surface area contributed by atoms with Gasteiger partial charge in [0.1, 0.15) is 6.61 Å². The normalized spacial score (nSPS) is 10.5. The third-order valence-corrected chi connectivity index (χ3v) is 2.57. The first-order chi connectivity index (χ1) is 9.78. The fourth-order valence-electron chi connectivity index (χ4n) is 1.31. The molecule has 0 radical (unpaired) electrons. The lowest BCUT2D eigenvalue weighted by molar-refractivity contribution is -0.139. The minimum Gasteiger partial charge on any atom is -0.465 e. The van der Waals surface area contributed by atoms with E-state index in [9.17, 15) is 9.59 Å². The zero-order chi connectivity index (χ0) is 16.0. The predicted molar refractivity (Wildman–Crippen MR) is 76.8 cm³/mol. The number of methoxy groups -OCH3 is 1. The van der Waals surface area contributed by atoms with Gasteiger partial charge in [-0.05, 0) is 24.3 Å². The van der Waals surface area contributed by atoms with Gasteiger partial charge in [0.25, 0.3) is 0 Å². The molecule has 0 saturated heterocycles. The number of alkyl halides is 3. The highest BCUT2D eigenvalue weighted by Gasteiger charge is 2.29. The molecule has 1 aromatic rings. The number of halogens is 3. The largest absolute Gasteiger partial charge is 0.465 e. The number of carbonyl (C=O) groups is 2. The van der Waals surface area contributed by atoms with E-state index >= 15 is 0 Å². The van der Waals surface area contributed by atoms with Crippen LogP contribution in [0.25, 0.3) is 5.53 Å². The maximum absolute atomic E-state index is 11.7. The van der Waals surface area contributed by atoms with Crippen LogP contribution in [0, 0.1) is 0 Å². The van der Waals surface area contributed by atoms with Crippen LogP contribution >= 0.6 is 34.8 Å². The molecular weight excluding hydrogens is 343 g/mol. The van der Waals surface area contributed by atoms with Crippen molar-refractivity contribution in [3.63, 3.8) is 0 Å². The lowest BCUT2D eigenvalue weighted by Crippen LogP contribution is -2.24. The van der Waals surface area contributed by atoms with E-state index in [0.717, 1.165) is 0 Å². The van der Waals surface area contributed by atoms with Crippen molar-refractivity contribution in [2.45, 2.75) is 3.79 Å². The SMILES string of the molecule is COC(=O)c1ccc(C(=[N+]=[N-])C(=O)OCC(Cl)(Cl)Cl)cc1. The van der Waals surface area contributed by atoms with Crippen LogP contribution in [-0.4, -0.2) is 39.9 Å². The Hall–Kier alpha value is -1.59. The highest BCUT2D eigenvalue weighted by molar-refractivity contribution is 6.67. The summed E-state index contributed by atoms with van der Waals surface area (Å²) in [5.74, 6) is -1.52. The molecule has 1 aromatic carbocycles. The van der Waals surface area contributed by atoms with E-state index in [1.54, 1.807) is 0 Å². The number of carbonyl (C=O) groups excluding carboxylic acids is 2. The molecule has 0 bridgehead atoms. The van der Waals surface area contributed by atoms with E-state index in [-0.39, 0.29) is 16.8 Å². The van der Waals surface area contributed by atoms with E-state index < -0.39 is 22.3 Å². The molecular formula is C12H9Cl3N2O4. The maximum Gasteiger partial charge on any atom is 0.422 e. The van der Waals surface area contributed by atoms with Crippen LogP contribution in [0.2, 0.25) is 0 Å². The van der Waals surface area contributed by atoms with Gasteiger partial charge in [-0.3, -0.25) is 0 Å². The molecule has 1 rings (SSSR count). The Kier molecular flexibility index (Phi) is 6.18. The van der Waals surface area contributed by atoms with Gasteiger partial charge in [0, 0.05) is 0 Å². The topological polar surface area (TPSA) is 89.0 Å². The van der Waals surface area contributed by atoms with Crippen LogP contribution in [0.5, 0.6) is 0 Å². The molecule has 112 valence electrons. The van der Waals surface area contributed by atoms with Gasteiger partial charge in [-0.1, -0.05) is 34.8 Å². The average molecular weight is 352 g/mol. The number of rotatable bonds is 4. The van der Waals surface area contributed by atoms with Crippen molar-refractivity contribution in [3.05, 3.63) is 40.9 Å². The van der Waals surface area contributed by atoms with Crippen LogP contribution in [-0.2, 0) is 14.3 Å². The molecule has 0 spiro atoms. The van der Waals surface area contributed by atoms with Crippen LogP contribution in [0.4, 0.5) is 0 Å². The molecule has 0 fully saturated rings. The molecule has 21 heavy (non-hydrogen) atoms. The molecule has 6 nitrogen and oxygen atoms in total. The molecule has 0 aliphatic heterocycles.